The maximum absolute atomic E-state index is 13.4. The minimum Gasteiger partial charge on any atom is -0.495 e. The molecule has 0 radical (unpaired) electrons. The first-order chi connectivity index (χ1) is 7.54. The minimum absolute atomic E-state index is 0.441. The zero-order valence-corrected chi connectivity index (χ0v) is 8.32. The lowest BCUT2D eigenvalue weighted by Crippen LogP contribution is -2.45. The van der Waals surface area contributed by atoms with Gasteiger partial charge in [0, 0.05) is 0 Å². The van der Waals surface area contributed by atoms with E-state index in [1.54, 1.807) is 24.3 Å². The standard InChI is InChI=1S/C11H10F2N2O/c1-2-11(12,13)9-10(16)15-8-6-4-3-5-7(8)14-9/h2-6,9,14H,1H2,(H,15,16). The highest BCUT2D eigenvalue weighted by Crippen LogP contribution is 2.33. The summed E-state index contributed by atoms with van der Waals surface area (Å²) in [6.07, 6.45) is 0.490. The van der Waals surface area contributed by atoms with E-state index in [9.17, 15) is 13.9 Å². The van der Waals surface area contributed by atoms with Gasteiger partial charge in [0.15, 0.2) is 6.04 Å². The maximum Gasteiger partial charge on any atom is 0.294 e. The lowest BCUT2D eigenvalue weighted by molar-refractivity contribution is 0.0491. The van der Waals surface area contributed by atoms with Crippen molar-refractivity contribution in [1.29, 1.82) is 0 Å². The molecule has 0 aliphatic carbocycles. The zero-order valence-electron chi connectivity index (χ0n) is 8.32. The van der Waals surface area contributed by atoms with Crippen LogP contribution < -0.4 is 5.32 Å². The second kappa shape index (κ2) is 3.59. The molecule has 1 atom stereocenters. The summed E-state index contributed by atoms with van der Waals surface area (Å²) in [5.74, 6) is -3.88. The van der Waals surface area contributed by atoms with Gasteiger partial charge in [-0.1, -0.05) is 18.7 Å². The first kappa shape index (κ1) is 10.6. The van der Waals surface area contributed by atoms with Crippen LogP contribution in [0.25, 0.3) is 0 Å². The Labute approximate surface area is 91.1 Å². The van der Waals surface area contributed by atoms with Gasteiger partial charge < -0.3 is 10.4 Å². The Bertz CT molecular complexity index is 457. The summed E-state index contributed by atoms with van der Waals surface area (Å²) in [6, 6.07) is 5.11. The molecule has 1 aliphatic heterocycles. The smallest absolute Gasteiger partial charge is 0.294 e. The first-order valence-electron chi connectivity index (χ1n) is 4.69. The van der Waals surface area contributed by atoms with Crippen LogP contribution in [-0.2, 0) is 0 Å². The SMILES string of the molecule is C=CC(F)(F)C1Nc2ccccc2N=C1O. The number of anilines is 1. The van der Waals surface area contributed by atoms with Gasteiger partial charge in [-0.2, -0.15) is 8.78 Å². The molecule has 84 valence electrons. The van der Waals surface area contributed by atoms with Crippen molar-refractivity contribution in [3.63, 3.8) is 0 Å². The number of aliphatic imine (C=N–C) groups is 1. The second-order valence-corrected chi connectivity index (χ2v) is 3.44. The normalized spacial score (nSPS) is 19.4. The number of nitrogens with one attached hydrogen (secondary N) is 1. The molecule has 5 heteroatoms. The number of alkyl halides is 2. The molecule has 0 saturated carbocycles. The molecular formula is C11H10F2N2O. The number of para-hydroxylation sites is 2. The molecule has 0 bridgehead atoms. The molecule has 1 heterocycles. The van der Waals surface area contributed by atoms with E-state index < -0.39 is 17.9 Å². The zero-order chi connectivity index (χ0) is 11.8. The average molecular weight is 224 g/mol. The summed E-state index contributed by atoms with van der Waals surface area (Å²) >= 11 is 0. The van der Waals surface area contributed by atoms with Gasteiger partial charge in [-0.25, -0.2) is 4.99 Å². The van der Waals surface area contributed by atoms with E-state index in [2.05, 4.69) is 16.9 Å². The molecule has 0 saturated heterocycles. The fraction of sp³-hybridized carbons (Fsp3) is 0.182. The topological polar surface area (TPSA) is 44.6 Å². The Balaban J connectivity index is 2.41. The molecule has 0 spiro atoms. The Morgan fingerprint density at radius 2 is 2.12 bits per heavy atom. The van der Waals surface area contributed by atoms with Gasteiger partial charge in [0.05, 0.1) is 11.4 Å². The maximum atomic E-state index is 13.4. The van der Waals surface area contributed by atoms with E-state index in [0.717, 1.165) is 0 Å². The van der Waals surface area contributed by atoms with Crippen molar-refractivity contribution in [3.05, 3.63) is 36.9 Å². The van der Waals surface area contributed by atoms with Gasteiger partial charge in [0.1, 0.15) is 0 Å². The molecule has 2 rings (SSSR count). The quantitative estimate of drug-likeness (QED) is 0.758. The second-order valence-electron chi connectivity index (χ2n) is 3.44. The molecule has 0 fully saturated rings. The van der Waals surface area contributed by atoms with Crippen molar-refractivity contribution in [3.8, 4) is 0 Å². The number of halogens is 2. The minimum atomic E-state index is -3.25. The highest BCUT2D eigenvalue weighted by molar-refractivity contribution is 5.92. The van der Waals surface area contributed by atoms with E-state index in [1.165, 1.54) is 0 Å². The van der Waals surface area contributed by atoms with Gasteiger partial charge in [-0.3, -0.25) is 0 Å². The fourth-order valence-corrected chi connectivity index (χ4v) is 1.49. The monoisotopic (exact) mass is 224 g/mol. The summed E-state index contributed by atoms with van der Waals surface area (Å²) in [4.78, 5) is 3.72. The molecule has 1 aliphatic rings. The van der Waals surface area contributed by atoms with E-state index >= 15 is 0 Å². The van der Waals surface area contributed by atoms with E-state index in [4.69, 9.17) is 0 Å². The van der Waals surface area contributed by atoms with Crippen LogP contribution in [0.15, 0.2) is 41.9 Å². The van der Waals surface area contributed by atoms with E-state index in [0.29, 0.717) is 17.5 Å². The number of aliphatic hydroxyl groups excluding tert-OH is 1. The van der Waals surface area contributed by atoms with Gasteiger partial charge in [-0.05, 0) is 18.2 Å². The third-order valence-electron chi connectivity index (χ3n) is 2.35. The molecule has 0 amide bonds. The van der Waals surface area contributed by atoms with Crippen LogP contribution >= 0.6 is 0 Å². The van der Waals surface area contributed by atoms with Crippen LogP contribution in [0.4, 0.5) is 20.2 Å². The van der Waals surface area contributed by atoms with Crippen LogP contribution in [0, 0.1) is 0 Å². The van der Waals surface area contributed by atoms with Crippen molar-refractivity contribution >= 4 is 17.3 Å². The molecular weight excluding hydrogens is 214 g/mol. The molecule has 0 aromatic heterocycles. The van der Waals surface area contributed by atoms with Crippen LogP contribution in [0.2, 0.25) is 0 Å². The number of hydrogen-bond donors (Lipinski definition) is 2. The first-order valence-corrected chi connectivity index (χ1v) is 4.69. The van der Waals surface area contributed by atoms with E-state index in [-0.39, 0.29) is 0 Å². The summed E-state index contributed by atoms with van der Waals surface area (Å²) < 4.78 is 26.7. The number of rotatable bonds is 2. The van der Waals surface area contributed by atoms with Crippen molar-refractivity contribution in [2.24, 2.45) is 4.99 Å². The van der Waals surface area contributed by atoms with Crippen molar-refractivity contribution < 1.29 is 13.9 Å². The summed E-state index contributed by atoms with van der Waals surface area (Å²) in [5.41, 5.74) is 0.905. The lowest BCUT2D eigenvalue weighted by atomic mass is 10.1. The molecule has 1 unspecified atom stereocenters. The highest BCUT2D eigenvalue weighted by Gasteiger charge is 2.42. The Hall–Kier alpha value is -1.91. The molecule has 2 N–H and O–H groups in total. The third-order valence-corrected chi connectivity index (χ3v) is 2.35. The average Bonchev–Trinajstić information content (AvgIpc) is 2.28. The fourth-order valence-electron chi connectivity index (χ4n) is 1.49. The molecule has 1 aromatic rings. The number of aliphatic hydroxyl groups is 1. The predicted molar refractivity (Wildman–Crippen MR) is 58.7 cm³/mol. The van der Waals surface area contributed by atoms with Gasteiger partial charge in [0.25, 0.3) is 5.92 Å². The van der Waals surface area contributed by atoms with Crippen LogP contribution in [0.1, 0.15) is 0 Å². The Morgan fingerprint density at radius 3 is 2.81 bits per heavy atom. The summed E-state index contributed by atoms with van der Waals surface area (Å²) in [6.45, 7) is 3.04. The van der Waals surface area contributed by atoms with E-state index in [1.807, 2.05) is 0 Å². The molecule has 1 aromatic carbocycles. The largest absolute Gasteiger partial charge is 0.495 e. The van der Waals surface area contributed by atoms with Gasteiger partial charge >= 0.3 is 0 Å². The number of benzene rings is 1. The van der Waals surface area contributed by atoms with Gasteiger partial charge in [-0.15, -0.1) is 0 Å². The number of nitrogens with zero attached hydrogens (tertiary/aromatic N) is 1. The lowest BCUT2D eigenvalue weighted by Gasteiger charge is -2.28. The van der Waals surface area contributed by atoms with Crippen molar-refractivity contribution in [2.45, 2.75) is 12.0 Å². The van der Waals surface area contributed by atoms with Crippen molar-refractivity contribution in [2.75, 3.05) is 5.32 Å². The summed E-state index contributed by atoms with van der Waals surface area (Å²) in [5, 5.41) is 12.0. The summed E-state index contributed by atoms with van der Waals surface area (Å²) in [7, 11) is 0. The number of fused-ring (bicyclic) bond motifs is 1. The predicted octanol–water partition coefficient (Wildman–Crippen LogP) is 2.89. The number of hydrogen-bond acceptors (Lipinski definition) is 2. The van der Waals surface area contributed by atoms with Crippen LogP contribution in [0.5, 0.6) is 0 Å². The van der Waals surface area contributed by atoms with Crippen molar-refractivity contribution in [1.82, 2.24) is 0 Å². The highest BCUT2D eigenvalue weighted by atomic mass is 19.3. The Kier molecular flexibility index (Phi) is 2.38. The Morgan fingerprint density at radius 1 is 1.44 bits per heavy atom. The third kappa shape index (κ3) is 1.64. The van der Waals surface area contributed by atoms with Crippen LogP contribution in [-0.4, -0.2) is 23.0 Å². The molecule has 3 nitrogen and oxygen atoms in total. The molecule has 16 heavy (non-hydrogen) atoms. The van der Waals surface area contributed by atoms with Crippen LogP contribution in [0.3, 0.4) is 0 Å². The van der Waals surface area contributed by atoms with Gasteiger partial charge in [0.2, 0.25) is 5.90 Å².